The molecule has 0 bridgehead atoms. The zero-order chi connectivity index (χ0) is 18.1. The summed E-state index contributed by atoms with van der Waals surface area (Å²) in [6, 6.07) is 6.83. The fourth-order valence-electron chi connectivity index (χ4n) is 2.26. The number of sulfonamides is 1. The lowest BCUT2D eigenvalue weighted by Gasteiger charge is -2.12. The van der Waals surface area contributed by atoms with Gasteiger partial charge < -0.3 is 15.4 Å². The summed E-state index contributed by atoms with van der Waals surface area (Å²) in [7, 11) is -0.315. The number of rotatable bonds is 10. The highest BCUT2D eigenvalue weighted by molar-refractivity contribution is 14.0. The lowest BCUT2D eigenvalue weighted by molar-refractivity contribution is 0.123. The van der Waals surface area contributed by atoms with Crippen molar-refractivity contribution in [1.29, 1.82) is 0 Å². The topological polar surface area (TPSA) is 91.8 Å². The van der Waals surface area contributed by atoms with Gasteiger partial charge in [0, 0.05) is 33.4 Å². The van der Waals surface area contributed by atoms with Gasteiger partial charge in [-0.3, -0.25) is 4.99 Å². The molecule has 1 fully saturated rings. The van der Waals surface area contributed by atoms with E-state index >= 15 is 0 Å². The molecule has 1 aliphatic rings. The lowest BCUT2D eigenvalue weighted by Crippen LogP contribution is -2.37. The highest BCUT2D eigenvalue weighted by Crippen LogP contribution is 2.28. The van der Waals surface area contributed by atoms with Crippen LogP contribution < -0.4 is 15.4 Å². The molecule has 1 aromatic rings. The number of nitrogens with one attached hydrogen (secondary N) is 3. The molecule has 0 radical (unpaired) electrons. The summed E-state index contributed by atoms with van der Waals surface area (Å²) in [6.45, 7) is 2.91. The molecule has 9 heteroatoms. The molecule has 0 aromatic heterocycles. The molecule has 0 heterocycles. The first-order valence-electron chi connectivity index (χ1n) is 8.60. The van der Waals surface area contributed by atoms with Gasteiger partial charge in [-0.2, -0.15) is 0 Å². The molecule has 1 aliphatic carbocycles. The fourth-order valence-corrected chi connectivity index (χ4v) is 3.06. The van der Waals surface area contributed by atoms with Crippen molar-refractivity contribution in [1.82, 2.24) is 15.4 Å². The zero-order valence-corrected chi connectivity index (χ0v) is 18.5. The molecule has 1 saturated carbocycles. The molecule has 0 amide bonds. The molecule has 0 unspecified atom stereocenters. The van der Waals surface area contributed by atoms with Gasteiger partial charge in [0.25, 0.3) is 0 Å². The lowest BCUT2D eigenvalue weighted by atomic mass is 10.2. The molecule has 2 rings (SSSR count). The van der Waals surface area contributed by atoms with Gasteiger partial charge in [0.2, 0.25) is 10.0 Å². The van der Waals surface area contributed by atoms with Crippen LogP contribution in [0.1, 0.15) is 24.8 Å². The Bertz CT molecular complexity index is 678. The number of hydrogen-bond acceptors (Lipinski definition) is 4. The van der Waals surface area contributed by atoms with Gasteiger partial charge in [-0.25, -0.2) is 13.1 Å². The van der Waals surface area contributed by atoms with Crippen molar-refractivity contribution < 1.29 is 13.2 Å². The molecule has 148 valence electrons. The Kier molecular flexibility index (Phi) is 10.4. The van der Waals surface area contributed by atoms with Crippen LogP contribution in [-0.2, 0) is 21.3 Å². The van der Waals surface area contributed by atoms with Gasteiger partial charge in [-0.15, -0.1) is 24.0 Å². The Morgan fingerprint density at radius 1 is 1.31 bits per heavy atom. The van der Waals surface area contributed by atoms with Gasteiger partial charge in [0.05, 0.1) is 4.90 Å². The molecule has 0 atom stereocenters. The average molecular weight is 496 g/mol. The van der Waals surface area contributed by atoms with E-state index in [2.05, 4.69) is 20.3 Å². The molecule has 3 N–H and O–H groups in total. The van der Waals surface area contributed by atoms with Crippen molar-refractivity contribution in [2.75, 3.05) is 33.9 Å². The maximum absolute atomic E-state index is 11.8. The van der Waals surface area contributed by atoms with Crippen LogP contribution in [0.25, 0.3) is 0 Å². The Morgan fingerprint density at radius 2 is 2.08 bits per heavy atom. The number of benzene rings is 1. The maximum atomic E-state index is 11.8. The summed E-state index contributed by atoms with van der Waals surface area (Å²) in [5.41, 5.74) is 0.868. The molecular weight excluding hydrogens is 467 g/mol. The standard InChI is InChI=1S/C17H28N4O3S.HI/c1-18-17(20-9-4-10-24-13-14-7-8-14)21-12-15-5-3-6-16(11-15)25(22,23)19-2;/h3,5-6,11,14,19H,4,7-10,12-13H2,1-2H3,(H2,18,20,21);1H. The van der Waals surface area contributed by atoms with Crippen molar-refractivity contribution in [2.24, 2.45) is 10.9 Å². The summed E-state index contributed by atoms with van der Waals surface area (Å²) >= 11 is 0. The van der Waals surface area contributed by atoms with Crippen LogP contribution in [0, 0.1) is 5.92 Å². The van der Waals surface area contributed by atoms with Crippen molar-refractivity contribution in [3.05, 3.63) is 29.8 Å². The van der Waals surface area contributed by atoms with Crippen LogP contribution in [0.3, 0.4) is 0 Å². The molecule has 0 spiro atoms. The first-order chi connectivity index (χ1) is 12.0. The predicted octanol–water partition coefficient (Wildman–Crippen LogP) is 1.69. The normalized spacial score (nSPS) is 14.6. The largest absolute Gasteiger partial charge is 0.381 e. The van der Waals surface area contributed by atoms with Gasteiger partial charge in [0.1, 0.15) is 0 Å². The Hall–Kier alpha value is -0.910. The fraction of sp³-hybridized carbons (Fsp3) is 0.588. The third-order valence-electron chi connectivity index (χ3n) is 3.97. The summed E-state index contributed by atoms with van der Waals surface area (Å²) < 4.78 is 31.6. The Balaban J connectivity index is 0.00000338. The van der Waals surface area contributed by atoms with Crippen LogP contribution in [-0.4, -0.2) is 48.2 Å². The predicted molar refractivity (Wildman–Crippen MR) is 114 cm³/mol. The van der Waals surface area contributed by atoms with Gasteiger partial charge in [0.15, 0.2) is 5.96 Å². The summed E-state index contributed by atoms with van der Waals surface area (Å²) in [5, 5.41) is 6.41. The molecule has 26 heavy (non-hydrogen) atoms. The molecule has 0 saturated heterocycles. The Morgan fingerprint density at radius 3 is 2.73 bits per heavy atom. The van der Waals surface area contributed by atoms with Crippen LogP contribution in [0.15, 0.2) is 34.2 Å². The van der Waals surface area contributed by atoms with Crippen LogP contribution in [0.4, 0.5) is 0 Å². The number of hydrogen-bond donors (Lipinski definition) is 3. The van der Waals surface area contributed by atoms with E-state index in [0.717, 1.165) is 37.7 Å². The average Bonchev–Trinajstić information content (AvgIpc) is 3.45. The van der Waals surface area contributed by atoms with Crippen LogP contribution in [0.2, 0.25) is 0 Å². The third-order valence-corrected chi connectivity index (χ3v) is 5.38. The van der Waals surface area contributed by atoms with E-state index in [1.807, 2.05) is 6.07 Å². The minimum absolute atomic E-state index is 0. The number of aliphatic imine (C=N–C) groups is 1. The first kappa shape index (κ1) is 23.1. The monoisotopic (exact) mass is 496 g/mol. The van der Waals surface area contributed by atoms with Crippen LogP contribution in [0.5, 0.6) is 0 Å². The second kappa shape index (κ2) is 11.7. The molecule has 1 aromatic carbocycles. The number of guanidine groups is 1. The summed E-state index contributed by atoms with van der Waals surface area (Å²) in [4.78, 5) is 4.42. The molecule has 0 aliphatic heterocycles. The SMILES string of the molecule is CN=C(NCCCOCC1CC1)NCc1cccc(S(=O)(=O)NC)c1.I. The van der Waals surface area contributed by atoms with Gasteiger partial charge >= 0.3 is 0 Å². The van der Waals surface area contributed by atoms with E-state index in [0.29, 0.717) is 12.5 Å². The van der Waals surface area contributed by atoms with Crippen LogP contribution >= 0.6 is 24.0 Å². The highest BCUT2D eigenvalue weighted by atomic mass is 127. The van der Waals surface area contributed by atoms with Gasteiger partial charge in [-0.1, -0.05) is 12.1 Å². The van der Waals surface area contributed by atoms with Crippen molar-refractivity contribution in [3.63, 3.8) is 0 Å². The van der Waals surface area contributed by atoms with E-state index in [4.69, 9.17) is 4.74 Å². The minimum Gasteiger partial charge on any atom is -0.381 e. The summed E-state index contributed by atoms with van der Waals surface area (Å²) in [5.74, 6) is 1.48. The number of halogens is 1. The quantitative estimate of drug-likeness (QED) is 0.199. The minimum atomic E-state index is -3.43. The third kappa shape index (κ3) is 8.19. The van der Waals surface area contributed by atoms with Crippen molar-refractivity contribution in [3.8, 4) is 0 Å². The number of ether oxygens (including phenoxy) is 1. The second-order valence-electron chi connectivity index (χ2n) is 6.08. The van der Waals surface area contributed by atoms with Gasteiger partial charge in [-0.05, 0) is 49.9 Å². The first-order valence-corrected chi connectivity index (χ1v) is 10.1. The molecular formula is C17H29IN4O3S. The number of nitrogens with zero attached hydrogens (tertiary/aromatic N) is 1. The molecule has 7 nitrogen and oxygen atoms in total. The van der Waals surface area contributed by atoms with E-state index in [9.17, 15) is 8.42 Å². The summed E-state index contributed by atoms with van der Waals surface area (Å²) in [6.07, 6.45) is 3.54. The Labute approximate surface area is 173 Å². The van der Waals surface area contributed by atoms with E-state index in [1.165, 1.54) is 19.9 Å². The van der Waals surface area contributed by atoms with E-state index in [1.54, 1.807) is 25.2 Å². The zero-order valence-electron chi connectivity index (χ0n) is 15.3. The van der Waals surface area contributed by atoms with Crippen molar-refractivity contribution >= 4 is 40.0 Å². The maximum Gasteiger partial charge on any atom is 0.240 e. The van der Waals surface area contributed by atoms with E-state index in [-0.39, 0.29) is 28.9 Å². The highest BCUT2D eigenvalue weighted by Gasteiger charge is 2.20. The van der Waals surface area contributed by atoms with Crippen molar-refractivity contribution in [2.45, 2.75) is 30.7 Å². The van der Waals surface area contributed by atoms with E-state index < -0.39 is 10.0 Å². The second-order valence-corrected chi connectivity index (χ2v) is 7.97. The smallest absolute Gasteiger partial charge is 0.240 e.